The molecule has 9 heteroatoms. The minimum Gasteiger partial charge on any atom is -0.466 e. The number of carbonyl (C=O) groups is 2. The predicted molar refractivity (Wildman–Crippen MR) is 107 cm³/mol. The Balaban J connectivity index is 2.36. The lowest BCUT2D eigenvalue weighted by molar-refractivity contribution is -0.186. The highest BCUT2D eigenvalue weighted by Gasteiger charge is 2.53. The molecule has 8 nitrogen and oxygen atoms in total. The van der Waals surface area contributed by atoms with Crippen molar-refractivity contribution in [3.8, 4) is 0 Å². The highest BCUT2D eigenvalue weighted by molar-refractivity contribution is 8.01. The van der Waals surface area contributed by atoms with Gasteiger partial charge in [0.15, 0.2) is 0 Å². The molecule has 0 aliphatic carbocycles. The summed E-state index contributed by atoms with van der Waals surface area (Å²) in [5.74, 6) is -1.34. The Labute approximate surface area is 174 Å². The van der Waals surface area contributed by atoms with Gasteiger partial charge in [0.25, 0.3) is 0 Å². The van der Waals surface area contributed by atoms with E-state index < -0.39 is 47.8 Å². The topological polar surface area (TPSA) is 125 Å². The quantitative estimate of drug-likeness (QED) is 0.448. The van der Waals surface area contributed by atoms with Crippen molar-refractivity contribution in [2.24, 2.45) is 0 Å². The van der Waals surface area contributed by atoms with Gasteiger partial charge in [-0.1, -0.05) is 36.4 Å². The lowest BCUT2D eigenvalue weighted by Gasteiger charge is -2.45. The van der Waals surface area contributed by atoms with Crippen LogP contribution in [0.25, 0.3) is 0 Å². The Bertz CT molecular complexity index is 699. The van der Waals surface area contributed by atoms with Crippen LogP contribution in [0.5, 0.6) is 0 Å². The largest absolute Gasteiger partial charge is 0.466 e. The molecule has 1 aliphatic heterocycles. The van der Waals surface area contributed by atoms with E-state index in [-0.39, 0.29) is 12.8 Å². The molecule has 0 saturated carbocycles. The normalized spacial score (nSPS) is 27.9. The Hall–Kier alpha value is -1.65. The Kier molecular flexibility index (Phi) is 8.47. The summed E-state index contributed by atoms with van der Waals surface area (Å²) < 4.78 is 11.1. The van der Waals surface area contributed by atoms with Gasteiger partial charge in [-0.3, -0.25) is 4.79 Å². The van der Waals surface area contributed by atoms with Gasteiger partial charge in [-0.15, -0.1) is 0 Å². The molecule has 0 unspecified atom stereocenters. The van der Waals surface area contributed by atoms with Crippen LogP contribution < -0.4 is 5.32 Å². The van der Waals surface area contributed by atoms with E-state index in [1.54, 1.807) is 6.92 Å². The summed E-state index contributed by atoms with van der Waals surface area (Å²) in [5.41, 5.74) is 1.06. The van der Waals surface area contributed by atoms with Crippen molar-refractivity contribution in [1.29, 1.82) is 0 Å². The van der Waals surface area contributed by atoms with E-state index in [1.807, 2.05) is 31.2 Å². The van der Waals surface area contributed by atoms with Crippen LogP contribution in [0.15, 0.2) is 29.2 Å². The SMILES string of the molecule is CC[C@@H](O)C[C@@H]1O[C@](Sc2ccc(C)cc2)(C(=O)OC)C[C@H](O)[C@H]1NC(=O)CO. The smallest absolute Gasteiger partial charge is 0.349 e. The first kappa shape index (κ1) is 23.6. The summed E-state index contributed by atoms with van der Waals surface area (Å²) in [6, 6.07) is 6.60. The van der Waals surface area contributed by atoms with Crippen molar-refractivity contribution >= 4 is 23.6 Å². The maximum Gasteiger partial charge on any atom is 0.349 e. The summed E-state index contributed by atoms with van der Waals surface area (Å²) in [6.45, 7) is 2.99. The van der Waals surface area contributed by atoms with Crippen LogP contribution in [0, 0.1) is 6.92 Å². The number of hydrogen-bond acceptors (Lipinski definition) is 8. The van der Waals surface area contributed by atoms with Crippen LogP contribution in [0.4, 0.5) is 0 Å². The zero-order valence-electron chi connectivity index (χ0n) is 16.8. The molecule has 1 aliphatic rings. The van der Waals surface area contributed by atoms with Gasteiger partial charge in [-0.05, 0) is 25.5 Å². The first-order valence-corrected chi connectivity index (χ1v) is 10.3. The van der Waals surface area contributed by atoms with Crippen LogP contribution in [0.1, 0.15) is 31.7 Å². The molecule has 1 aromatic rings. The van der Waals surface area contributed by atoms with Gasteiger partial charge in [0, 0.05) is 17.7 Å². The van der Waals surface area contributed by atoms with Crippen molar-refractivity contribution in [3.05, 3.63) is 29.8 Å². The predicted octanol–water partition coefficient (Wildman–Crippen LogP) is 0.744. The minimum absolute atomic E-state index is 0.0944. The second-order valence-electron chi connectivity index (χ2n) is 7.14. The maximum absolute atomic E-state index is 12.7. The summed E-state index contributed by atoms with van der Waals surface area (Å²) in [5, 5.41) is 32.5. The third kappa shape index (κ3) is 5.93. The van der Waals surface area contributed by atoms with Gasteiger partial charge in [-0.2, -0.15) is 0 Å². The fourth-order valence-corrected chi connectivity index (χ4v) is 4.50. The van der Waals surface area contributed by atoms with E-state index in [2.05, 4.69) is 5.32 Å². The second kappa shape index (κ2) is 10.4. The fraction of sp³-hybridized carbons (Fsp3) is 0.600. The number of esters is 1. The number of aliphatic hydroxyl groups is 3. The molecule has 162 valence electrons. The Morgan fingerprint density at radius 2 is 2.03 bits per heavy atom. The highest BCUT2D eigenvalue weighted by atomic mass is 32.2. The number of thioether (sulfide) groups is 1. The number of carbonyl (C=O) groups excluding carboxylic acids is 2. The molecule has 29 heavy (non-hydrogen) atoms. The van der Waals surface area contributed by atoms with E-state index in [0.29, 0.717) is 6.42 Å². The van der Waals surface area contributed by atoms with E-state index >= 15 is 0 Å². The molecule has 0 spiro atoms. The van der Waals surface area contributed by atoms with E-state index in [4.69, 9.17) is 14.6 Å². The average Bonchev–Trinajstić information content (AvgIpc) is 2.71. The van der Waals surface area contributed by atoms with Crippen LogP contribution in [-0.4, -0.2) is 70.2 Å². The molecule has 1 fully saturated rings. The fourth-order valence-electron chi connectivity index (χ4n) is 3.26. The third-order valence-electron chi connectivity index (χ3n) is 4.88. The molecule has 0 aromatic heterocycles. The molecule has 1 aromatic carbocycles. The van der Waals surface area contributed by atoms with Gasteiger partial charge in [0.2, 0.25) is 10.8 Å². The van der Waals surface area contributed by atoms with Crippen molar-refractivity contribution in [3.63, 3.8) is 0 Å². The van der Waals surface area contributed by atoms with Gasteiger partial charge < -0.3 is 30.1 Å². The van der Waals surface area contributed by atoms with Crippen LogP contribution in [-0.2, 0) is 19.1 Å². The first-order valence-electron chi connectivity index (χ1n) is 9.53. The molecular weight excluding hydrogens is 398 g/mol. The molecule has 1 heterocycles. The Morgan fingerprint density at radius 1 is 1.38 bits per heavy atom. The zero-order valence-corrected chi connectivity index (χ0v) is 17.6. The van der Waals surface area contributed by atoms with Gasteiger partial charge in [0.1, 0.15) is 6.61 Å². The number of ether oxygens (including phenoxy) is 2. The monoisotopic (exact) mass is 427 g/mol. The summed E-state index contributed by atoms with van der Waals surface area (Å²) >= 11 is 1.12. The number of methoxy groups -OCH3 is 1. The van der Waals surface area contributed by atoms with E-state index in [9.17, 15) is 19.8 Å². The van der Waals surface area contributed by atoms with Crippen LogP contribution in [0.2, 0.25) is 0 Å². The summed E-state index contributed by atoms with van der Waals surface area (Å²) in [4.78, 5) is 23.6. The van der Waals surface area contributed by atoms with Gasteiger partial charge >= 0.3 is 5.97 Å². The summed E-state index contributed by atoms with van der Waals surface area (Å²) in [7, 11) is 1.24. The molecule has 2 rings (SSSR count). The number of amides is 1. The number of nitrogens with one attached hydrogen (secondary N) is 1. The number of aryl methyl sites for hydroxylation is 1. The number of rotatable bonds is 8. The standard InChI is InChI=1S/C20H29NO7S/c1-4-13(23)9-16-18(21-17(25)11-22)15(24)10-20(28-16,19(26)27-3)29-14-7-5-12(2)6-8-14/h5-8,13,15-16,18,22-24H,4,9-11H2,1-3H3,(H,21,25)/t13-,15+,16+,18-,20-/m1/s1. The molecule has 1 amide bonds. The number of hydrogen-bond donors (Lipinski definition) is 4. The van der Waals surface area contributed by atoms with Gasteiger partial charge in [-0.25, -0.2) is 4.79 Å². The van der Waals surface area contributed by atoms with Gasteiger partial charge in [0.05, 0.1) is 31.5 Å². The van der Waals surface area contributed by atoms with Crippen molar-refractivity contribution in [1.82, 2.24) is 5.32 Å². The van der Waals surface area contributed by atoms with Crippen molar-refractivity contribution < 1.29 is 34.4 Å². The molecular formula is C20H29NO7S. The lowest BCUT2D eigenvalue weighted by Crippen LogP contribution is -2.63. The second-order valence-corrected chi connectivity index (χ2v) is 8.47. The van der Waals surface area contributed by atoms with Crippen molar-refractivity contribution in [2.45, 2.75) is 67.3 Å². The first-order chi connectivity index (χ1) is 13.7. The van der Waals surface area contributed by atoms with Crippen LogP contribution in [0.3, 0.4) is 0 Å². The number of benzene rings is 1. The molecule has 4 N–H and O–H groups in total. The minimum atomic E-state index is -1.54. The lowest BCUT2D eigenvalue weighted by atomic mass is 9.91. The van der Waals surface area contributed by atoms with E-state index in [1.165, 1.54) is 7.11 Å². The van der Waals surface area contributed by atoms with Crippen LogP contribution >= 0.6 is 11.8 Å². The number of aliphatic hydroxyl groups excluding tert-OH is 3. The average molecular weight is 428 g/mol. The third-order valence-corrected chi connectivity index (χ3v) is 6.15. The molecule has 0 bridgehead atoms. The highest BCUT2D eigenvalue weighted by Crippen LogP contribution is 2.44. The summed E-state index contributed by atoms with van der Waals surface area (Å²) in [6.07, 6.45) is -2.36. The van der Waals surface area contributed by atoms with E-state index in [0.717, 1.165) is 22.2 Å². The molecule has 5 atom stereocenters. The van der Waals surface area contributed by atoms with Crippen molar-refractivity contribution in [2.75, 3.05) is 13.7 Å². The molecule has 0 radical (unpaired) electrons. The molecule has 1 saturated heterocycles. The Morgan fingerprint density at radius 3 is 2.59 bits per heavy atom. The zero-order chi connectivity index (χ0) is 21.6. The maximum atomic E-state index is 12.7.